The highest BCUT2D eigenvalue weighted by atomic mass is 16.2. The van der Waals surface area contributed by atoms with Gasteiger partial charge in [0.2, 0.25) is 5.91 Å². The molecule has 2 aromatic carbocycles. The Labute approximate surface area is 186 Å². The molecule has 0 aromatic heterocycles. The van der Waals surface area contributed by atoms with Crippen LogP contribution in [0.4, 0.5) is 5.69 Å². The average Bonchev–Trinajstić information content (AvgIpc) is 2.72. The van der Waals surface area contributed by atoms with Crippen LogP contribution in [0.5, 0.6) is 0 Å². The van der Waals surface area contributed by atoms with Crippen LogP contribution in [-0.2, 0) is 16.8 Å². The average molecular weight is 422 g/mol. The zero-order chi connectivity index (χ0) is 22.6. The van der Waals surface area contributed by atoms with Gasteiger partial charge in [0.05, 0.1) is 0 Å². The SMILES string of the molecule is CC(=O)N(Cc1cccc(NC(=O)c2ccc(C(C)(C)C)cc2)c1)C1CCCCC1N. The topological polar surface area (TPSA) is 75.4 Å². The third-order valence-electron chi connectivity index (χ3n) is 6.14. The van der Waals surface area contributed by atoms with Gasteiger partial charge in [-0.3, -0.25) is 9.59 Å². The zero-order valence-corrected chi connectivity index (χ0v) is 19.2. The van der Waals surface area contributed by atoms with Gasteiger partial charge in [0, 0.05) is 36.8 Å². The van der Waals surface area contributed by atoms with Gasteiger partial charge in [-0.05, 0) is 53.6 Å². The molecule has 2 aromatic rings. The van der Waals surface area contributed by atoms with Crippen LogP contribution in [0, 0.1) is 0 Å². The minimum absolute atomic E-state index is 0.0246. The molecule has 166 valence electrons. The van der Waals surface area contributed by atoms with Crippen molar-refractivity contribution in [2.45, 2.75) is 77.4 Å². The van der Waals surface area contributed by atoms with Gasteiger partial charge in [0.25, 0.3) is 5.91 Å². The molecule has 0 bridgehead atoms. The molecule has 0 spiro atoms. The van der Waals surface area contributed by atoms with Crippen LogP contribution in [0.25, 0.3) is 0 Å². The summed E-state index contributed by atoms with van der Waals surface area (Å²) < 4.78 is 0. The predicted octanol–water partition coefficient (Wildman–Crippen LogP) is 4.85. The summed E-state index contributed by atoms with van der Waals surface area (Å²) in [6, 6.07) is 15.5. The predicted molar refractivity (Wildman–Crippen MR) is 126 cm³/mol. The first kappa shape index (κ1) is 23.0. The summed E-state index contributed by atoms with van der Waals surface area (Å²) in [6.07, 6.45) is 4.13. The molecular formula is C26H35N3O2. The van der Waals surface area contributed by atoms with E-state index in [-0.39, 0.29) is 29.3 Å². The number of nitrogens with one attached hydrogen (secondary N) is 1. The Morgan fingerprint density at radius 2 is 1.74 bits per heavy atom. The Hall–Kier alpha value is -2.66. The van der Waals surface area contributed by atoms with Crippen LogP contribution in [0.15, 0.2) is 48.5 Å². The maximum Gasteiger partial charge on any atom is 0.255 e. The number of carbonyl (C=O) groups is 2. The molecule has 1 fully saturated rings. The fourth-order valence-electron chi connectivity index (χ4n) is 4.26. The molecule has 1 aliphatic carbocycles. The second-order valence-electron chi connectivity index (χ2n) is 9.64. The van der Waals surface area contributed by atoms with Crippen molar-refractivity contribution in [1.29, 1.82) is 0 Å². The van der Waals surface area contributed by atoms with Crippen LogP contribution in [0.3, 0.4) is 0 Å². The van der Waals surface area contributed by atoms with Crippen LogP contribution >= 0.6 is 0 Å². The Bertz CT molecular complexity index is 915. The lowest BCUT2D eigenvalue weighted by atomic mass is 9.87. The first-order chi connectivity index (χ1) is 14.6. The third-order valence-corrected chi connectivity index (χ3v) is 6.14. The quantitative estimate of drug-likeness (QED) is 0.724. The molecule has 3 rings (SSSR count). The van der Waals surface area contributed by atoms with Gasteiger partial charge in [0.1, 0.15) is 0 Å². The molecule has 0 aliphatic heterocycles. The van der Waals surface area contributed by atoms with Crippen molar-refractivity contribution in [3.8, 4) is 0 Å². The Kier molecular flexibility index (Phi) is 7.16. The summed E-state index contributed by atoms with van der Waals surface area (Å²) in [6.45, 7) is 8.56. The minimum atomic E-state index is -0.143. The van der Waals surface area contributed by atoms with E-state index in [1.165, 1.54) is 5.56 Å². The fourth-order valence-corrected chi connectivity index (χ4v) is 4.26. The van der Waals surface area contributed by atoms with Crippen molar-refractivity contribution >= 4 is 17.5 Å². The molecule has 0 heterocycles. The number of carbonyl (C=O) groups excluding carboxylic acids is 2. The second-order valence-corrected chi connectivity index (χ2v) is 9.64. The van der Waals surface area contributed by atoms with Gasteiger partial charge in [-0.15, -0.1) is 0 Å². The molecule has 2 unspecified atom stereocenters. The molecule has 1 aliphatic rings. The minimum Gasteiger partial charge on any atom is -0.334 e. The van der Waals surface area contributed by atoms with Gasteiger partial charge in [0.15, 0.2) is 0 Å². The van der Waals surface area contributed by atoms with Crippen molar-refractivity contribution in [3.63, 3.8) is 0 Å². The lowest BCUT2D eigenvalue weighted by Gasteiger charge is -2.38. The van der Waals surface area contributed by atoms with E-state index in [1.807, 2.05) is 53.4 Å². The highest BCUT2D eigenvalue weighted by Gasteiger charge is 2.29. The van der Waals surface area contributed by atoms with E-state index in [2.05, 4.69) is 26.1 Å². The molecule has 5 heteroatoms. The Morgan fingerprint density at radius 3 is 2.35 bits per heavy atom. The van der Waals surface area contributed by atoms with Gasteiger partial charge < -0.3 is 16.0 Å². The van der Waals surface area contributed by atoms with E-state index >= 15 is 0 Å². The largest absolute Gasteiger partial charge is 0.334 e. The van der Waals surface area contributed by atoms with Crippen molar-refractivity contribution in [3.05, 3.63) is 65.2 Å². The van der Waals surface area contributed by atoms with Gasteiger partial charge in [-0.1, -0.05) is 57.9 Å². The summed E-state index contributed by atoms with van der Waals surface area (Å²) in [7, 11) is 0. The van der Waals surface area contributed by atoms with E-state index in [0.717, 1.165) is 36.9 Å². The first-order valence-electron chi connectivity index (χ1n) is 11.2. The first-order valence-corrected chi connectivity index (χ1v) is 11.2. The van der Waals surface area contributed by atoms with E-state index in [0.29, 0.717) is 12.1 Å². The maximum atomic E-state index is 12.7. The number of rotatable bonds is 5. The maximum absolute atomic E-state index is 12.7. The number of hydrogen-bond donors (Lipinski definition) is 2. The monoisotopic (exact) mass is 421 g/mol. The zero-order valence-electron chi connectivity index (χ0n) is 19.2. The normalized spacial score (nSPS) is 19.0. The molecule has 0 saturated heterocycles. The molecular weight excluding hydrogens is 386 g/mol. The van der Waals surface area contributed by atoms with E-state index < -0.39 is 0 Å². The summed E-state index contributed by atoms with van der Waals surface area (Å²) in [5, 5.41) is 2.98. The van der Waals surface area contributed by atoms with Crippen molar-refractivity contribution < 1.29 is 9.59 Å². The highest BCUT2D eigenvalue weighted by molar-refractivity contribution is 6.04. The Morgan fingerprint density at radius 1 is 1.06 bits per heavy atom. The van der Waals surface area contributed by atoms with Crippen molar-refractivity contribution in [2.75, 3.05) is 5.32 Å². The summed E-state index contributed by atoms with van der Waals surface area (Å²) in [5.41, 5.74) is 9.88. The Balaban J connectivity index is 1.70. The van der Waals surface area contributed by atoms with E-state index in [1.54, 1.807) is 6.92 Å². The third kappa shape index (κ3) is 5.95. The molecule has 5 nitrogen and oxygen atoms in total. The summed E-state index contributed by atoms with van der Waals surface area (Å²) in [5.74, 6) is -0.105. The standard InChI is InChI=1S/C26H35N3O2/c1-18(30)29(24-11-6-5-10-23(24)27)17-19-8-7-9-22(16-19)28-25(31)20-12-14-21(15-13-20)26(2,3)4/h7-9,12-16,23-24H,5-6,10-11,17,27H2,1-4H3,(H,28,31). The number of benzene rings is 2. The summed E-state index contributed by atoms with van der Waals surface area (Å²) >= 11 is 0. The van der Waals surface area contributed by atoms with Gasteiger partial charge >= 0.3 is 0 Å². The smallest absolute Gasteiger partial charge is 0.255 e. The van der Waals surface area contributed by atoms with Gasteiger partial charge in [-0.2, -0.15) is 0 Å². The molecule has 2 atom stereocenters. The number of nitrogens with zero attached hydrogens (tertiary/aromatic N) is 1. The van der Waals surface area contributed by atoms with Crippen LogP contribution in [-0.4, -0.2) is 28.8 Å². The molecule has 3 N–H and O–H groups in total. The molecule has 31 heavy (non-hydrogen) atoms. The van der Waals surface area contributed by atoms with Crippen molar-refractivity contribution in [2.24, 2.45) is 5.73 Å². The van der Waals surface area contributed by atoms with Crippen LogP contribution in [0.2, 0.25) is 0 Å². The highest BCUT2D eigenvalue weighted by Crippen LogP contribution is 2.25. The number of anilines is 1. The van der Waals surface area contributed by atoms with Crippen LogP contribution in [0.1, 0.15) is 74.9 Å². The van der Waals surface area contributed by atoms with Gasteiger partial charge in [-0.25, -0.2) is 0 Å². The molecule has 1 saturated carbocycles. The lowest BCUT2D eigenvalue weighted by molar-refractivity contribution is -0.133. The number of nitrogens with two attached hydrogens (primary N) is 1. The fraction of sp³-hybridized carbons (Fsp3) is 0.462. The van der Waals surface area contributed by atoms with Crippen LogP contribution < -0.4 is 11.1 Å². The second kappa shape index (κ2) is 9.65. The lowest BCUT2D eigenvalue weighted by Crippen LogP contribution is -2.50. The number of amides is 2. The number of hydrogen-bond acceptors (Lipinski definition) is 3. The van der Waals surface area contributed by atoms with E-state index in [9.17, 15) is 9.59 Å². The molecule has 2 amide bonds. The van der Waals surface area contributed by atoms with Crippen molar-refractivity contribution in [1.82, 2.24) is 4.90 Å². The summed E-state index contributed by atoms with van der Waals surface area (Å²) in [4.78, 5) is 26.9. The molecule has 0 radical (unpaired) electrons. The van der Waals surface area contributed by atoms with E-state index in [4.69, 9.17) is 5.73 Å².